The van der Waals surface area contributed by atoms with Gasteiger partial charge in [0.1, 0.15) is 5.69 Å². The zero-order valence-electron chi connectivity index (χ0n) is 22.5. The number of aromatic nitrogens is 1. The van der Waals surface area contributed by atoms with Gasteiger partial charge in [-0.2, -0.15) is 0 Å². The van der Waals surface area contributed by atoms with Crippen LogP contribution in [0.25, 0.3) is 11.1 Å². The molecular weight excluding hydrogens is 492 g/mol. The number of aryl methyl sites for hydroxylation is 1. The Hall–Kier alpha value is -3.90. The van der Waals surface area contributed by atoms with E-state index in [0.717, 1.165) is 27.8 Å². The molecule has 1 amide bonds. The van der Waals surface area contributed by atoms with E-state index in [2.05, 4.69) is 16.9 Å². The minimum Gasteiger partial charge on any atom is -0.357 e. The molecule has 38 heavy (non-hydrogen) atoms. The third-order valence-corrected chi connectivity index (χ3v) is 8.25. The van der Waals surface area contributed by atoms with E-state index in [1.807, 2.05) is 88.4 Å². The quantitative estimate of drug-likeness (QED) is 0.221. The molecule has 0 saturated carbocycles. The van der Waals surface area contributed by atoms with Crippen molar-refractivity contribution < 1.29 is 13.2 Å². The molecule has 3 aromatic carbocycles. The van der Waals surface area contributed by atoms with E-state index in [9.17, 15) is 13.2 Å². The summed E-state index contributed by atoms with van der Waals surface area (Å²) < 4.78 is 26.2. The summed E-state index contributed by atoms with van der Waals surface area (Å²) in [6.07, 6.45) is 2.30. The number of anilines is 1. The van der Waals surface area contributed by atoms with Crippen molar-refractivity contribution in [3.63, 3.8) is 0 Å². The molecule has 0 saturated heterocycles. The van der Waals surface area contributed by atoms with Crippen LogP contribution in [-0.4, -0.2) is 25.1 Å². The number of rotatable bonds is 9. The Kier molecular flexibility index (Phi) is 9.85. The molecule has 0 spiro atoms. The van der Waals surface area contributed by atoms with Gasteiger partial charge in [-0.1, -0.05) is 80.6 Å². The Morgan fingerprint density at radius 1 is 0.921 bits per heavy atom. The maximum Gasteiger partial charge on any atom is 0.272 e. The lowest BCUT2D eigenvalue weighted by atomic mass is 9.94. The predicted octanol–water partition coefficient (Wildman–Crippen LogP) is 7.48. The molecule has 1 unspecified atom stereocenters. The van der Waals surface area contributed by atoms with Gasteiger partial charge < -0.3 is 10.3 Å². The molecule has 0 bridgehead atoms. The van der Waals surface area contributed by atoms with Gasteiger partial charge in [0.15, 0.2) is 9.84 Å². The van der Waals surface area contributed by atoms with Crippen molar-refractivity contribution in [1.82, 2.24) is 4.98 Å². The molecule has 2 N–H and O–H groups in total. The first-order valence-electron chi connectivity index (χ1n) is 12.8. The molecule has 0 aliphatic carbocycles. The molecule has 0 radical (unpaired) electrons. The van der Waals surface area contributed by atoms with E-state index >= 15 is 0 Å². The largest absolute Gasteiger partial charge is 0.357 e. The zero-order valence-corrected chi connectivity index (χ0v) is 23.3. The average Bonchev–Trinajstić information content (AvgIpc) is 3.45. The number of benzene rings is 3. The fourth-order valence-electron chi connectivity index (χ4n) is 4.20. The van der Waals surface area contributed by atoms with Crippen LogP contribution >= 0.6 is 0 Å². The molecule has 6 heteroatoms. The number of aromatic amines is 1. The highest BCUT2D eigenvalue weighted by molar-refractivity contribution is 7.91. The molecule has 0 aliphatic heterocycles. The van der Waals surface area contributed by atoms with E-state index in [1.54, 1.807) is 30.5 Å². The molecule has 1 heterocycles. The minimum atomic E-state index is -3.44. The topological polar surface area (TPSA) is 79.0 Å². The smallest absolute Gasteiger partial charge is 0.272 e. The van der Waals surface area contributed by atoms with E-state index in [-0.39, 0.29) is 17.6 Å². The Morgan fingerprint density at radius 2 is 1.63 bits per heavy atom. The zero-order chi connectivity index (χ0) is 27.7. The number of hydrogen-bond donors (Lipinski definition) is 2. The third kappa shape index (κ3) is 7.33. The van der Waals surface area contributed by atoms with Gasteiger partial charge in [0.25, 0.3) is 5.91 Å². The molecule has 0 fully saturated rings. The maximum atomic E-state index is 13.1. The highest BCUT2D eigenvalue weighted by atomic mass is 32.2. The Morgan fingerprint density at radius 3 is 2.26 bits per heavy atom. The van der Waals surface area contributed by atoms with E-state index in [4.69, 9.17) is 0 Å². The van der Waals surface area contributed by atoms with Crippen molar-refractivity contribution in [2.24, 2.45) is 5.92 Å². The van der Waals surface area contributed by atoms with Gasteiger partial charge in [0.05, 0.1) is 10.6 Å². The van der Waals surface area contributed by atoms with Gasteiger partial charge in [-0.3, -0.25) is 4.79 Å². The highest BCUT2D eigenvalue weighted by Gasteiger charge is 2.23. The van der Waals surface area contributed by atoms with Crippen LogP contribution < -0.4 is 5.32 Å². The first-order valence-corrected chi connectivity index (χ1v) is 14.5. The van der Waals surface area contributed by atoms with Crippen molar-refractivity contribution in [2.75, 3.05) is 11.1 Å². The summed E-state index contributed by atoms with van der Waals surface area (Å²) in [7, 11) is -3.44. The van der Waals surface area contributed by atoms with Crippen LogP contribution in [0.2, 0.25) is 0 Å². The van der Waals surface area contributed by atoms with Gasteiger partial charge in [-0.05, 0) is 78.8 Å². The number of carbonyl (C=O) groups is 1. The summed E-state index contributed by atoms with van der Waals surface area (Å²) in [6.45, 7) is 11.8. The number of allylic oxidation sites excluding steroid dienone is 1. The second-order valence-corrected chi connectivity index (χ2v) is 11.1. The first kappa shape index (κ1) is 28.7. The lowest BCUT2D eigenvalue weighted by Gasteiger charge is -2.18. The number of carbonyl (C=O) groups excluding carboxylic acids is 1. The van der Waals surface area contributed by atoms with Crippen LogP contribution in [0.5, 0.6) is 0 Å². The van der Waals surface area contributed by atoms with Gasteiger partial charge in [0.2, 0.25) is 0 Å². The van der Waals surface area contributed by atoms with Crippen LogP contribution in [0.4, 0.5) is 5.69 Å². The fourth-order valence-corrected chi connectivity index (χ4v) is 6.16. The summed E-state index contributed by atoms with van der Waals surface area (Å²) >= 11 is 0. The fraction of sp³-hybridized carbons (Fsp3) is 0.219. The predicted molar refractivity (Wildman–Crippen MR) is 157 cm³/mol. The summed E-state index contributed by atoms with van der Waals surface area (Å²) in [5.74, 6) is -0.358. The van der Waals surface area contributed by atoms with Gasteiger partial charge in [-0.15, -0.1) is 0 Å². The Labute approximate surface area is 226 Å². The van der Waals surface area contributed by atoms with Crippen molar-refractivity contribution in [1.29, 1.82) is 0 Å². The number of amides is 1. The second kappa shape index (κ2) is 13.1. The lowest BCUT2D eigenvalue weighted by Crippen LogP contribution is -2.20. The number of sulfone groups is 1. The number of nitrogens with one attached hydrogen (secondary N) is 2. The van der Waals surface area contributed by atoms with Gasteiger partial charge in [0, 0.05) is 11.9 Å². The van der Waals surface area contributed by atoms with Crippen molar-refractivity contribution in [2.45, 2.75) is 39.0 Å². The molecule has 198 valence electrons. The Balaban J connectivity index is 0.00000195. The van der Waals surface area contributed by atoms with Gasteiger partial charge in [-0.25, -0.2) is 8.42 Å². The van der Waals surface area contributed by atoms with E-state index < -0.39 is 9.84 Å². The highest BCUT2D eigenvalue weighted by Crippen LogP contribution is 2.27. The molecule has 0 aliphatic rings. The lowest BCUT2D eigenvalue weighted by molar-refractivity contribution is 0.102. The van der Waals surface area contributed by atoms with Crippen molar-refractivity contribution in [3.05, 3.63) is 120 Å². The second-order valence-electron chi connectivity index (χ2n) is 9.11. The average molecular weight is 529 g/mol. The first-order chi connectivity index (χ1) is 18.2. The summed E-state index contributed by atoms with van der Waals surface area (Å²) in [6, 6.07) is 26.4. The van der Waals surface area contributed by atoms with Crippen LogP contribution in [-0.2, 0) is 16.3 Å². The molecular formula is C32H36N2O3S. The summed E-state index contributed by atoms with van der Waals surface area (Å²) in [5.41, 5.74) is 5.85. The maximum absolute atomic E-state index is 13.1. The van der Waals surface area contributed by atoms with Gasteiger partial charge >= 0.3 is 0 Å². The Bertz CT molecular complexity index is 1470. The van der Waals surface area contributed by atoms with Crippen LogP contribution in [0.3, 0.4) is 0 Å². The normalized spacial score (nSPS) is 11.7. The van der Waals surface area contributed by atoms with Crippen LogP contribution in [0, 0.1) is 12.8 Å². The summed E-state index contributed by atoms with van der Waals surface area (Å²) in [4.78, 5) is 15.6. The third-order valence-electron chi connectivity index (χ3n) is 6.28. The summed E-state index contributed by atoms with van der Waals surface area (Å²) in [5, 5.41) is 2.91. The molecule has 5 nitrogen and oxygen atoms in total. The number of H-pyrrole nitrogens is 1. The van der Waals surface area contributed by atoms with Crippen LogP contribution in [0.15, 0.2) is 108 Å². The van der Waals surface area contributed by atoms with E-state index in [0.29, 0.717) is 22.7 Å². The van der Waals surface area contributed by atoms with Crippen LogP contribution in [0.1, 0.15) is 42.4 Å². The molecule has 4 rings (SSSR count). The number of hydrogen-bond acceptors (Lipinski definition) is 3. The molecule has 4 aromatic rings. The minimum absolute atomic E-state index is 0.0253. The standard InChI is InChI=1S/C30H30N2O3S.C2H6/c1-21(2)26(20-36(34,35)29-12-5-4-8-22(29)3)18-23-13-15-24(16-14-23)25-9-6-10-27(19-25)32-30(33)28-11-7-17-31-28;1-2/h4-17,19,26,31H,1,18,20H2,2-3H3,(H,32,33);1-2H3. The van der Waals surface area contributed by atoms with Crippen molar-refractivity contribution in [3.8, 4) is 11.1 Å². The molecule has 1 aromatic heterocycles. The monoisotopic (exact) mass is 528 g/mol. The SMILES string of the molecule is C=C(C)C(Cc1ccc(-c2cccc(NC(=O)c3ccc[nH]3)c2)cc1)CS(=O)(=O)c1ccccc1C.CC. The van der Waals surface area contributed by atoms with E-state index in [1.165, 1.54) is 0 Å². The molecule has 1 atom stereocenters. The van der Waals surface area contributed by atoms with Crippen molar-refractivity contribution >= 4 is 21.4 Å².